The summed E-state index contributed by atoms with van der Waals surface area (Å²) >= 11 is 0. The Hall–Kier alpha value is -1.40. The summed E-state index contributed by atoms with van der Waals surface area (Å²) in [5.74, 6) is -0.00532. The van der Waals surface area contributed by atoms with E-state index in [4.69, 9.17) is 0 Å². The van der Waals surface area contributed by atoms with Crippen LogP contribution in [0.5, 0.6) is 0 Å². The van der Waals surface area contributed by atoms with Crippen molar-refractivity contribution >= 4 is 21.7 Å². The summed E-state index contributed by atoms with van der Waals surface area (Å²) in [6.45, 7) is 3.84. The largest absolute Gasteiger partial charge is 0.304 e. The Kier molecular flexibility index (Phi) is 3.64. The third kappa shape index (κ3) is 2.37. The van der Waals surface area contributed by atoms with E-state index in [2.05, 4.69) is 0 Å². The summed E-state index contributed by atoms with van der Waals surface area (Å²) in [5.41, 5.74) is 0.959. The van der Waals surface area contributed by atoms with Crippen molar-refractivity contribution in [2.45, 2.75) is 26.3 Å². The van der Waals surface area contributed by atoms with Crippen LogP contribution < -0.4 is 4.31 Å². The van der Waals surface area contributed by atoms with Gasteiger partial charge in [-0.3, -0.25) is 9.10 Å². The molecule has 0 saturated heterocycles. The second-order valence-corrected chi connectivity index (χ2v) is 6.79. The van der Waals surface area contributed by atoms with Crippen LogP contribution in [-0.4, -0.2) is 38.1 Å². The van der Waals surface area contributed by atoms with Gasteiger partial charge in [0.2, 0.25) is 0 Å². The van der Waals surface area contributed by atoms with Gasteiger partial charge in [-0.2, -0.15) is 12.7 Å². The van der Waals surface area contributed by atoms with Crippen LogP contribution in [0.1, 0.15) is 30.6 Å². The average Bonchev–Trinajstić information content (AvgIpc) is 2.38. The highest BCUT2D eigenvalue weighted by atomic mass is 32.2. The smallest absolute Gasteiger partial charge is 0.294 e. The number of rotatable bonds is 3. The zero-order valence-corrected chi connectivity index (χ0v) is 12.1. The number of carbonyl (C=O) groups excluding carboxylic acids is 1. The molecule has 0 bridgehead atoms. The number of fused-ring (bicyclic) bond motifs is 1. The van der Waals surface area contributed by atoms with Crippen LogP contribution in [0.4, 0.5) is 5.69 Å². The molecule has 1 heterocycles. The summed E-state index contributed by atoms with van der Waals surface area (Å²) in [6.07, 6.45) is 0.224. The molecule has 0 atom stereocenters. The Bertz CT molecular complexity index is 596. The standard InChI is InChI=1S/C13H18N2O3S/c1-10(2)14(3)19(17,18)15-9-8-13(16)11-6-4-5-7-12(11)15/h4-7,10H,8-9H2,1-3H3. The number of carbonyl (C=O) groups is 1. The van der Waals surface area contributed by atoms with Crippen LogP contribution >= 0.6 is 0 Å². The molecule has 1 aromatic carbocycles. The van der Waals surface area contributed by atoms with E-state index in [9.17, 15) is 13.2 Å². The molecule has 0 radical (unpaired) electrons. The molecule has 0 aliphatic carbocycles. The van der Waals surface area contributed by atoms with Crippen molar-refractivity contribution < 1.29 is 13.2 Å². The van der Waals surface area contributed by atoms with Crippen molar-refractivity contribution in [2.75, 3.05) is 17.9 Å². The van der Waals surface area contributed by atoms with Crippen LogP contribution in [0.25, 0.3) is 0 Å². The van der Waals surface area contributed by atoms with Gasteiger partial charge in [0.15, 0.2) is 5.78 Å². The van der Waals surface area contributed by atoms with Crippen molar-refractivity contribution in [1.29, 1.82) is 0 Å². The molecule has 1 aromatic rings. The number of benzene rings is 1. The summed E-state index contributed by atoms with van der Waals surface area (Å²) in [4.78, 5) is 11.8. The zero-order chi connectivity index (χ0) is 14.2. The lowest BCUT2D eigenvalue weighted by Crippen LogP contribution is -2.47. The minimum Gasteiger partial charge on any atom is -0.294 e. The van der Waals surface area contributed by atoms with Crippen LogP contribution in [0, 0.1) is 0 Å². The highest BCUT2D eigenvalue weighted by Gasteiger charge is 2.34. The number of hydrogen-bond acceptors (Lipinski definition) is 3. The molecule has 2 rings (SSSR count). The van der Waals surface area contributed by atoms with Gasteiger partial charge in [0, 0.05) is 31.6 Å². The molecule has 0 fully saturated rings. The van der Waals surface area contributed by atoms with Crippen LogP contribution in [0.3, 0.4) is 0 Å². The molecule has 1 aliphatic rings. The highest BCUT2D eigenvalue weighted by molar-refractivity contribution is 7.90. The number of anilines is 1. The second kappa shape index (κ2) is 4.94. The topological polar surface area (TPSA) is 57.7 Å². The van der Waals surface area contributed by atoms with Gasteiger partial charge in [-0.15, -0.1) is 0 Å². The fraction of sp³-hybridized carbons (Fsp3) is 0.462. The first kappa shape index (κ1) is 14.0. The van der Waals surface area contributed by atoms with Crippen molar-refractivity contribution in [3.8, 4) is 0 Å². The van der Waals surface area contributed by atoms with E-state index in [-0.39, 0.29) is 24.8 Å². The van der Waals surface area contributed by atoms with Crippen molar-refractivity contribution in [3.05, 3.63) is 29.8 Å². The first-order valence-corrected chi connectivity index (χ1v) is 7.63. The Labute approximate surface area is 114 Å². The maximum absolute atomic E-state index is 12.5. The molecule has 0 amide bonds. The molecule has 5 nitrogen and oxygen atoms in total. The van der Waals surface area contributed by atoms with E-state index in [0.29, 0.717) is 11.3 Å². The fourth-order valence-electron chi connectivity index (χ4n) is 2.05. The number of para-hydroxylation sites is 1. The van der Waals surface area contributed by atoms with E-state index in [1.165, 1.54) is 8.61 Å². The van der Waals surface area contributed by atoms with E-state index >= 15 is 0 Å². The lowest BCUT2D eigenvalue weighted by atomic mass is 10.0. The lowest BCUT2D eigenvalue weighted by Gasteiger charge is -2.34. The van der Waals surface area contributed by atoms with Gasteiger partial charge < -0.3 is 0 Å². The van der Waals surface area contributed by atoms with E-state index in [1.807, 2.05) is 13.8 Å². The van der Waals surface area contributed by atoms with Crippen LogP contribution in [0.15, 0.2) is 24.3 Å². The number of Topliss-reactive ketones (excluding diaryl/α,β-unsaturated/α-hetero) is 1. The molecule has 0 unspecified atom stereocenters. The minimum atomic E-state index is -3.58. The third-order valence-electron chi connectivity index (χ3n) is 3.38. The average molecular weight is 282 g/mol. The molecule has 19 heavy (non-hydrogen) atoms. The van der Waals surface area contributed by atoms with Crippen molar-refractivity contribution in [2.24, 2.45) is 0 Å². The Morgan fingerprint density at radius 2 is 1.89 bits per heavy atom. The Morgan fingerprint density at radius 3 is 2.53 bits per heavy atom. The van der Waals surface area contributed by atoms with Gasteiger partial charge in [0.05, 0.1) is 5.69 Å². The monoisotopic (exact) mass is 282 g/mol. The second-order valence-electron chi connectivity index (χ2n) is 4.88. The highest BCUT2D eigenvalue weighted by Crippen LogP contribution is 2.30. The lowest BCUT2D eigenvalue weighted by molar-refractivity contribution is 0.0982. The molecule has 0 saturated carbocycles. The van der Waals surface area contributed by atoms with E-state index in [0.717, 1.165) is 0 Å². The minimum absolute atomic E-state index is 0.00532. The number of hydrogen-bond donors (Lipinski definition) is 0. The van der Waals surface area contributed by atoms with Gasteiger partial charge in [0.1, 0.15) is 0 Å². The van der Waals surface area contributed by atoms with Crippen molar-refractivity contribution in [1.82, 2.24) is 4.31 Å². The SMILES string of the molecule is CC(C)N(C)S(=O)(=O)N1CCC(=O)c2ccccc21. The first-order chi connectivity index (χ1) is 8.85. The molecular weight excluding hydrogens is 264 g/mol. The van der Waals surface area contributed by atoms with Gasteiger partial charge in [-0.05, 0) is 26.0 Å². The first-order valence-electron chi connectivity index (χ1n) is 6.23. The molecular formula is C13H18N2O3S. The molecule has 1 aliphatic heterocycles. The molecule has 0 spiro atoms. The van der Waals surface area contributed by atoms with E-state index in [1.54, 1.807) is 31.3 Å². The summed E-state index contributed by atoms with van der Waals surface area (Å²) in [6, 6.07) is 6.72. The maximum atomic E-state index is 12.5. The van der Waals surface area contributed by atoms with E-state index < -0.39 is 10.2 Å². The molecule has 104 valence electrons. The normalized spacial score (nSPS) is 16.1. The number of ketones is 1. The summed E-state index contributed by atoms with van der Waals surface area (Å²) in [5, 5.41) is 0. The van der Waals surface area contributed by atoms with Gasteiger partial charge in [-0.1, -0.05) is 12.1 Å². The Balaban J connectivity index is 2.49. The predicted octanol–water partition coefficient (Wildman–Crippen LogP) is 1.66. The third-order valence-corrected chi connectivity index (χ3v) is 5.47. The van der Waals surface area contributed by atoms with Crippen LogP contribution in [-0.2, 0) is 10.2 Å². The fourth-order valence-corrected chi connectivity index (χ4v) is 3.62. The Morgan fingerprint density at radius 1 is 1.26 bits per heavy atom. The predicted molar refractivity (Wildman–Crippen MR) is 74.6 cm³/mol. The molecule has 0 aromatic heterocycles. The van der Waals surface area contributed by atoms with Crippen molar-refractivity contribution in [3.63, 3.8) is 0 Å². The molecule has 0 N–H and O–H groups in total. The number of nitrogens with zero attached hydrogens (tertiary/aromatic N) is 2. The zero-order valence-electron chi connectivity index (χ0n) is 11.3. The quantitative estimate of drug-likeness (QED) is 0.847. The summed E-state index contributed by atoms with van der Waals surface area (Å²) in [7, 11) is -2.03. The van der Waals surface area contributed by atoms with Crippen LogP contribution in [0.2, 0.25) is 0 Å². The summed E-state index contributed by atoms with van der Waals surface area (Å²) < 4.78 is 27.7. The van der Waals surface area contributed by atoms with Gasteiger partial charge in [-0.25, -0.2) is 0 Å². The maximum Gasteiger partial charge on any atom is 0.304 e. The van der Waals surface area contributed by atoms with Gasteiger partial charge in [0.25, 0.3) is 0 Å². The molecule has 6 heteroatoms. The van der Waals surface area contributed by atoms with Gasteiger partial charge >= 0.3 is 10.2 Å².